The van der Waals surface area contributed by atoms with Gasteiger partial charge < -0.3 is 14.5 Å². The standard InChI is InChI=1S/C12H11FN2O3/c1-15(2)11-7(4-3-5-8(11)13)9-6-10(12(16)17)18-14-9/h3-6H,1-2H3,(H,16,17). The van der Waals surface area contributed by atoms with Crippen molar-refractivity contribution in [3.05, 3.63) is 35.8 Å². The number of anilines is 1. The van der Waals surface area contributed by atoms with Gasteiger partial charge in [-0.1, -0.05) is 17.3 Å². The topological polar surface area (TPSA) is 66.6 Å². The Kier molecular flexibility index (Phi) is 3.01. The molecule has 0 fully saturated rings. The van der Waals surface area contributed by atoms with Gasteiger partial charge in [-0.2, -0.15) is 0 Å². The van der Waals surface area contributed by atoms with E-state index in [1.807, 2.05) is 0 Å². The largest absolute Gasteiger partial charge is 0.475 e. The van der Waals surface area contributed by atoms with Crippen LogP contribution in [0.2, 0.25) is 0 Å². The average molecular weight is 250 g/mol. The molecule has 0 atom stereocenters. The third-order valence-electron chi connectivity index (χ3n) is 2.43. The second-order valence-corrected chi connectivity index (χ2v) is 3.91. The molecule has 0 aliphatic heterocycles. The van der Waals surface area contributed by atoms with Crippen LogP contribution in [0.15, 0.2) is 28.8 Å². The van der Waals surface area contributed by atoms with Gasteiger partial charge in [0.25, 0.3) is 0 Å². The summed E-state index contributed by atoms with van der Waals surface area (Å²) in [6.45, 7) is 0. The van der Waals surface area contributed by atoms with E-state index in [9.17, 15) is 9.18 Å². The lowest BCUT2D eigenvalue weighted by atomic mass is 10.1. The summed E-state index contributed by atoms with van der Waals surface area (Å²) in [6.07, 6.45) is 0. The zero-order valence-electron chi connectivity index (χ0n) is 9.85. The summed E-state index contributed by atoms with van der Waals surface area (Å²) >= 11 is 0. The number of nitrogens with zero attached hydrogens (tertiary/aromatic N) is 2. The number of hydrogen-bond donors (Lipinski definition) is 1. The van der Waals surface area contributed by atoms with Crippen LogP contribution in [-0.2, 0) is 0 Å². The lowest BCUT2D eigenvalue weighted by molar-refractivity contribution is 0.0652. The van der Waals surface area contributed by atoms with E-state index in [2.05, 4.69) is 9.68 Å². The minimum atomic E-state index is -1.21. The van der Waals surface area contributed by atoms with Gasteiger partial charge >= 0.3 is 5.97 Å². The molecule has 2 aromatic rings. The molecule has 1 aromatic carbocycles. The molecule has 5 nitrogen and oxygen atoms in total. The fraction of sp³-hybridized carbons (Fsp3) is 0.167. The van der Waals surface area contributed by atoms with Crippen molar-refractivity contribution in [2.75, 3.05) is 19.0 Å². The summed E-state index contributed by atoms with van der Waals surface area (Å²) in [7, 11) is 3.39. The minimum Gasteiger partial charge on any atom is -0.475 e. The average Bonchev–Trinajstić information content (AvgIpc) is 2.77. The van der Waals surface area contributed by atoms with Crippen LogP contribution in [0.3, 0.4) is 0 Å². The van der Waals surface area contributed by atoms with Crippen LogP contribution in [0, 0.1) is 5.82 Å². The molecular weight excluding hydrogens is 239 g/mol. The SMILES string of the molecule is CN(C)c1c(F)cccc1-c1cc(C(=O)O)on1. The highest BCUT2D eigenvalue weighted by Gasteiger charge is 2.17. The van der Waals surface area contributed by atoms with E-state index >= 15 is 0 Å². The van der Waals surface area contributed by atoms with E-state index < -0.39 is 11.8 Å². The van der Waals surface area contributed by atoms with Gasteiger partial charge in [0.1, 0.15) is 11.5 Å². The molecule has 0 unspecified atom stereocenters. The smallest absolute Gasteiger partial charge is 0.374 e. The highest BCUT2D eigenvalue weighted by molar-refractivity contribution is 5.87. The van der Waals surface area contributed by atoms with Crippen LogP contribution in [-0.4, -0.2) is 30.3 Å². The van der Waals surface area contributed by atoms with Gasteiger partial charge in [0.15, 0.2) is 0 Å². The Bertz CT molecular complexity index is 593. The number of aromatic nitrogens is 1. The lowest BCUT2D eigenvalue weighted by Crippen LogP contribution is -2.12. The Morgan fingerprint density at radius 2 is 2.17 bits per heavy atom. The second-order valence-electron chi connectivity index (χ2n) is 3.91. The molecular formula is C12H11FN2O3. The molecule has 0 saturated heterocycles. The molecule has 0 amide bonds. The van der Waals surface area contributed by atoms with Gasteiger partial charge in [-0.25, -0.2) is 9.18 Å². The molecule has 0 aliphatic carbocycles. The molecule has 0 radical (unpaired) electrons. The molecule has 1 heterocycles. The molecule has 1 N–H and O–H groups in total. The fourth-order valence-electron chi connectivity index (χ4n) is 1.68. The third kappa shape index (κ3) is 2.04. The summed E-state index contributed by atoms with van der Waals surface area (Å²) in [5.41, 5.74) is 1.11. The van der Waals surface area contributed by atoms with Crippen LogP contribution in [0.25, 0.3) is 11.3 Å². The summed E-state index contributed by atoms with van der Waals surface area (Å²) in [4.78, 5) is 12.3. The van der Waals surface area contributed by atoms with E-state index in [1.165, 1.54) is 18.2 Å². The predicted octanol–water partition coefficient (Wildman–Crippen LogP) is 2.24. The van der Waals surface area contributed by atoms with Gasteiger partial charge in [-0.15, -0.1) is 0 Å². The normalized spacial score (nSPS) is 10.4. The van der Waals surface area contributed by atoms with Gasteiger partial charge in [0, 0.05) is 25.7 Å². The summed E-state index contributed by atoms with van der Waals surface area (Å²) in [6, 6.07) is 5.79. The first-order valence-electron chi connectivity index (χ1n) is 5.17. The number of benzene rings is 1. The number of hydrogen-bond acceptors (Lipinski definition) is 4. The van der Waals surface area contributed by atoms with Crippen molar-refractivity contribution in [3.8, 4) is 11.3 Å². The van der Waals surface area contributed by atoms with Gasteiger partial charge in [0.05, 0.1) is 5.69 Å². The maximum Gasteiger partial charge on any atom is 0.374 e. The zero-order chi connectivity index (χ0) is 13.3. The van der Waals surface area contributed by atoms with Crippen molar-refractivity contribution < 1.29 is 18.8 Å². The van der Waals surface area contributed by atoms with Gasteiger partial charge in [0.2, 0.25) is 5.76 Å². The number of halogens is 1. The Labute approximate surface area is 102 Å². The molecule has 0 bridgehead atoms. The molecule has 6 heteroatoms. The highest BCUT2D eigenvalue weighted by atomic mass is 19.1. The summed E-state index contributed by atoms with van der Waals surface area (Å²) < 4.78 is 18.4. The number of rotatable bonds is 3. The maximum absolute atomic E-state index is 13.7. The molecule has 1 aromatic heterocycles. The molecule has 94 valence electrons. The van der Waals surface area contributed by atoms with Crippen molar-refractivity contribution in [2.24, 2.45) is 0 Å². The van der Waals surface area contributed by atoms with Crippen molar-refractivity contribution >= 4 is 11.7 Å². The molecule has 0 spiro atoms. The summed E-state index contributed by atoms with van der Waals surface area (Å²) in [5, 5.41) is 12.4. The van der Waals surface area contributed by atoms with Gasteiger partial charge in [-0.05, 0) is 6.07 Å². The number of carbonyl (C=O) groups is 1. The second kappa shape index (κ2) is 4.48. The molecule has 18 heavy (non-hydrogen) atoms. The number of carboxylic acid groups (broad SMARTS) is 1. The molecule has 0 saturated carbocycles. The Hall–Kier alpha value is -2.37. The van der Waals surface area contributed by atoms with Crippen molar-refractivity contribution in [1.29, 1.82) is 0 Å². The van der Waals surface area contributed by atoms with Crippen molar-refractivity contribution in [2.45, 2.75) is 0 Å². The Balaban J connectivity index is 2.56. The molecule has 0 aliphatic rings. The minimum absolute atomic E-state index is 0.279. The third-order valence-corrected chi connectivity index (χ3v) is 2.43. The monoisotopic (exact) mass is 250 g/mol. The zero-order valence-corrected chi connectivity index (χ0v) is 9.85. The van der Waals surface area contributed by atoms with Crippen molar-refractivity contribution in [3.63, 3.8) is 0 Å². The summed E-state index contributed by atoms with van der Waals surface area (Å²) in [5.74, 6) is -1.90. The van der Waals surface area contributed by atoms with E-state index in [0.29, 0.717) is 11.3 Å². The van der Waals surface area contributed by atoms with Crippen LogP contribution in [0.1, 0.15) is 10.6 Å². The number of aromatic carboxylic acids is 1. The van der Waals surface area contributed by atoms with Crippen LogP contribution in [0.4, 0.5) is 10.1 Å². The first-order chi connectivity index (χ1) is 8.50. The first-order valence-corrected chi connectivity index (χ1v) is 5.17. The fourth-order valence-corrected chi connectivity index (χ4v) is 1.68. The predicted molar refractivity (Wildman–Crippen MR) is 63.2 cm³/mol. The van der Waals surface area contributed by atoms with E-state index in [4.69, 9.17) is 5.11 Å². The van der Waals surface area contributed by atoms with Crippen molar-refractivity contribution in [1.82, 2.24) is 5.16 Å². The van der Waals surface area contributed by atoms with Crippen LogP contribution < -0.4 is 4.90 Å². The quantitative estimate of drug-likeness (QED) is 0.904. The van der Waals surface area contributed by atoms with E-state index in [-0.39, 0.29) is 11.5 Å². The first kappa shape index (κ1) is 12.1. The highest BCUT2D eigenvalue weighted by Crippen LogP contribution is 2.31. The van der Waals surface area contributed by atoms with Crippen LogP contribution in [0.5, 0.6) is 0 Å². The van der Waals surface area contributed by atoms with E-state index in [0.717, 1.165) is 0 Å². The number of carboxylic acids is 1. The Morgan fingerprint density at radius 3 is 2.72 bits per heavy atom. The maximum atomic E-state index is 13.7. The Morgan fingerprint density at radius 1 is 1.44 bits per heavy atom. The van der Waals surface area contributed by atoms with E-state index in [1.54, 1.807) is 25.1 Å². The lowest BCUT2D eigenvalue weighted by Gasteiger charge is -2.16. The number of para-hydroxylation sites is 1. The van der Waals surface area contributed by atoms with Gasteiger partial charge in [-0.3, -0.25) is 0 Å². The molecule has 2 rings (SSSR count). The van der Waals surface area contributed by atoms with Crippen LogP contribution >= 0.6 is 0 Å².